The summed E-state index contributed by atoms with van der Waals surface area (Å²) in [4.78, 5) is 21.7. The zero-order valence-electron chi connectivity index (χ0n) is 11.4. The summed E-state index contributed by atoms with van der Waals surface area (Å²) in [6.07, 6.45) is 2.20. The van der Waals surface area contributed by atoms with Gasteiger partial charge in [0.15, 0.2) is 0 Å². The van der Waals surface area contributed by atoms with Crippen LogP contribution < -0.4 is 0 Å². The molecule has 4 nitrogen and oxygen atoms in total. The first-order chi connectivity index (χ1) is 9.01. The van der Waals surface area contributed by atoms with Crippen LogP contribution in [0.1, 0.15) is 30.9 Å². The molecule has 104 valence electrons. The number of hydrogen-bond acceptors (Lipinski definition) is 3. The highest BCUT2D eigenvalue weighted by molar-refractivity contribution is 5.72. The van der Waals surface area contributed by atoms with E-state index in [9.17, 15) is 9.59 Å². The van der Waals surface area contributed by atoms with Gasteiger partial charge in [0.1, 0.15) is 0 Å². The SMILES string of the molecule is COC(=O)Cc1ccc(CCC(C)CC(=O)O)cc1. The van der Waals surface area contributed by atoms with Gasteiger partial charge < -0.3 is 9.84 Å². The average Bonchev–Trinajstić information content (AvgIpc) is 2.37. The summed E-state index contributed by atoms with van der Waals surface area (Å²) in [5.41, 5.74) is 2.08. The number of carbonyl (C=O) groups is 2. The van der Waals surface area contributed by atoms with E-state index in [1.54, 1.807) is 0 Å². The van der Waals surface area contributed by atoms with Crippen molar-refractivity contribution in [3.8, 4) is 0 Å². The first-order valence-electron chi connectivity index (χ1n) is 6.37. The lowest BCUT2D eigenvalue weighted by Crippen LogP contribution is -2.06. The van der Waals surface area contributed by atoms with Crippen molar-refractivity contribution in [3.05, 3.63) is 35.4 Å². The normalized spacial score (nSPS) is 11.9. The number of hydrogen-bond donors (Lipinski definition) is 1. The smallest absolute Gasteiger partial charge is 0.309 e. The molecule has 0 aliphatic heterocycles. The summed E-state index contributed by atoms with van der Waals surface area (Å²) >= 11 is 0. The van der Waals surface area contributed by atoms with Crippen LogP contribution in [-0.4, -0.2) is 24.2 Å². The number of aliphatic carboxylic acids is 1. The highest BCUT2D eigenvalue weighted by Crippen LogP contribution is 2.14. The Morgan fingerprint density at radius 1 is 1.21 bits per heavy atom. The molecule has 0 heterocycles. The summed E-state index contributed by atoms with van der Waals surface area (Å²) in [6.45, 7) is 1.94. The van der Waals surface area contributed by atoms with Crippen molar-refractivity contribution in [1.82, 2.24) is 0 Å². The first kappa shape index (κ1) is 15.2. The lowest BCUT2D eigenvalue weighted by molar-refractivity contribution is -0.140. The quantitative estimate of drug-likeness (QED) is 0.768. The largest absolute Gasteiger partial charge is 0.481 e. The Morgan fingerprint density at radius 2 is 1.79 bits per heavy atom. The van der Waals surface area contributed by atoms with Gasteiger partial charge in [-0.3, -0.25) is 9.59 Å². The van der Waals surface area contributed by atoms with E-state index in [0.717, 1.165) is 24.0 Å². The van der Waals surface area contributed by atoms with Crippen molar-refractivity contribution in [3.63, 3.8) is 0 Å². The third kappa shape index (κ3) is 6.04. The fraction of sp³-hybridized carbons (Fsp3) is 0.467. The fourth-order valence-electron chi connectivity index (χ4n) is 1.88. The Balaban J connectivity index is 2.44. The van der Waals surface area contributed by atoms with Crippen molar-refractivity contribution in [1.29, 1.82) is 0 Å². The number of carboxylic acid groups (broad SMARTS) is 1. The Labute approximate surface area is 113 Å². The Hall–Kier alpha value is -1.84. The molecule has 0 amide bonds. The van der Waals surface area contributed by atoms with Gasteiger partial charge in [-0.05, 0) is 29.9 Å². The molecule has 1 N–H and O–H groups in total. The lowest BCUT2D eigenvalue weighted by Gasteiger charge is -2.08. The topological polar surface area (TPSA) is 63.6 Å². The maximum absolute atomic E-state index is 11.1. The number of esters is 1. The third-order valence-electron chi connectivity index (χ3n) is 3.05. The standard InChI is InChI=1S/C15H20O4/c1-11(9-14(16)17)3-4-12-5-7-13(8-6-12)10-15(18)19-2/h5-8,11H,3-4,9-10H2,1-2H3,(H,16,17). The van der Waals surface area contributed by atoms with E-state index < -0.39 is 5.97 Å². The molecule has 1 atom stereocenters. The molecular formula is C15H20O4. The van der Waals surface area contributed by atoms with E-state index in [4.69, 9.17) is 5.11 Å². The molecule has 0 saturated carbocycles. The van der Waals surface area contributed by atoms with Crippen LogP contribution in [0, 0.1) is 5.92 Å². The molecule has 0 aliphatic carbocycles. The average molecular weight is 264 g/mol. The summed E-state index contributed by atoms with van der Waals surface area (Å²) in [5, 5.41) is 8.68. The second kappa shape index (κ2) is 7.56. The second-order valence-electron chi connectivity index (χ2n) is 4.81. The minimum absolute atomic E-state index is 0.173. The van der Waals surface area contributed by atoms with E-state index in [-0.39, 0.29) is 24.7 Å². The van der Waals surface area contributed by atoms with E-state index in [0.29, 0.717) is 0 Å². The van der Waals surface area contributed by atoms with E-state index in [2.05, 4.69) is 4.74 Å². The molecule has 1 unspecified atom stereocenters. The van der Waals surface area contributed by atoms with Crippen LogP contribution in [0.2, 0.25) is 0 Å². The minimum Gasteiger partial charge on any atom is -0.481 e. The number of aryl methyl sites for hydroxylation is 1. The van der Waals surface area contributed by atoms with Crippen molar-refractivity contribution in [2.75, 3.05) is 7.11 Å². The summed E-state index contributed by atoms with van der Waals surface area (Å²) in [6, 6.07) is 7.78. The molecule has 0 saturated heterocycles. The molecule has 0 aromatic heterocycles. The van der Waals surface area contributed by atoms with Gasteiger partial charge in [-0.2, -0.15) is 0 Å². The van der Waals surface area contributed by atoms with Gasteiger partial charge in [0.05, 0.1) is 13.5 Å². The van der Waals surface area contributed by atoms with E-state index in [1.807, 2.05) is 31.2 Å². The zero-order chi connectivity index (χ0) is 14.3. The Morgan fingerprint density at radius 3 is 2.32 bits per heavy atom. The number of benzene rings is 1. The molecule has 1 rings (SSSR count). The maximum atomic E-state index is 11.1. The van der Waals surface area contributed by atoms with Gasteiger partial charge in [-0.1, -0.05) is 31.2 Å². The van der Waals surface area contributed by atoms with Crippen LogP contribution in [0.3, 0.4) is 0 Å². The number of ether oxygens (including phenoxy) is 1. The monoisotopic (exact) mass is 264 g/mol. The predicted molar refractivity (Wildman–Crippen MR) is 71.9 cm³/mol. The minimum atomic E-state index is -0.749. The zero-order valence-corrected chi connectivity index (χ0v) is 11.4. The summed E-state index contributed by atoms with van der Waals surface area (Å²) in [7, 11) is 1.38. The highest BCUT2D eigenvalue weighted by Gasteiger charge is 2.08. The van der Waals surface area contributed by atoms with Crippen LogP contribution in [-0.2, 0) is 27.2 Å². The van der Waals surface area contributed by atoms with Crippen LogP contribution in [0.4, 0.5) is 0 Å². The second-order valence-corrected chi connectivity index (χ2v) is 4.81. The lowest BCUT2D eigenvalue weighted by atomic mass is 9.97. The highest BCUT2D eigenvalue weighted by atomic mass is 16.5. The molecule has 19 heavy (non-hydrogen) atoms. The van der Waals surface area contributed by atoms with Crippen LogP contribution in [0.5, 0.6) is 0 Å². The summed E-state index contributed by atoms with van der Waals surface area (Å²) in [5.74, 6) is -0.823. The van der Waals surface area contributed by atoms with Gasteiger partial charge in [0, 0.05) is 6.42 Å². The maximum Gasteiger partial charge on any atom is 0.309 e. The molecular weight excluding hydrogens is 244 g/mol. The van der Waals surface area contributed by atoms with Gasteiger partial charge >= 0.3 is 11.9 Å². The predicted octanol–water partition coefficient (Wildman–Crippen LogP) is 2.45. The molecule has 1 aromatic carbocycles. The number of rotatable bonds is 7. The number of carboxylic acids is 1. The molecule has 1 aromatic rings. The molecule has 0 aliphatic rings. The first-order valence-corrected chi connectivity index (χ1v) is 6.37. The number of carbonyl (C=O) groups excluding carboxylic acids is 1. The van der Waals surface area contributed by atoms with Gasteiger partial charge in [0.25, 0.3) is 0 Å². The van der Waals surface area contributed by atoms with Crippen molar-refractivity contribution in [2.45, 2.75) is 32.6 Å². The van der Waals surface area contributed by atoms with E-state index >= 15 is 0 Å². The van der Waals surface area contributed by atoms with Crippen molar-refractivity contribution in [2.24, 2.45) is 5.92 Å². The van der Waals surface area contributed by atoms with E-state index in [1.165, 1.54) is 7.11 Å². The Bertz CT molecular complexity index is 422. The van der Waals surface area contributed by atoms with Gasteiger partial charge in [0.2, 0.25) is 0 Å². The molecule has 0 fully saturated rings. The van der Waals surface area contributed by atoms with Crippen LogP contribution in [0.15, 0.2) is 24.3 Å². The molecule has 0 radical (unpaired) electrons. The van der Waals surface area contributed by atoms with Gasteiger partial charge in [-0.25, -0.2) is 0 Å². The fourth-order valence-corrected chi connectivity index (χ4v) is 1.88. The van der Waals surface area contributed by atoms with Crippen molar-refractivity contribution >= 4 is 11.9 Å². The molecule has 0 bridgehead atoms. The number of methoxy groups -OCH3 is 1. The molecule has 0 spiro atoms. The van der Waals surface area contributed by atoms with Crippen LogP contribution >= 0.6 is 0 Å². The van der Waals surface area contributed by atoms with Crippen LogP contribution in [0.25, 0.3) is 0 Å². The van der Waals surface area contributed by atoms with Crippen molar-refractivity contribution < 1.29 is 19.4 Å². The third-order valence-corrected chi connectivity index (χ3v) is 3.05. The Kier molecular flexibility index (Phi) is 6.06. The van der Waals surface area contributed by atoms with Gasteiger partial charge in [-0.15, -0.1) is 0 Å². The summed E-state index contributed by atoms with van der Waals surface area (Å²) < 4.78 is 4.61. The molecule has 4 heteroatoms.